The van der Waals surface area contributed by atoms with E-state index in [9.17, 15) is 4.79 Å². The molecule has 1 aromatic carbocycles. The highest BCUT2D eigenvalue weighted by Crippen LogP contribution is 2.09. The van der Waals surface area contributed by atoms with Gasteiger partial charge < -0.3 is 10.6 Å². The maximum Gasteiger partial charge on any atom is 0.234 e. The average Bonchev–Trinajstić information content (AvgIpc) is 2.23. The lowest BCUT2D eigenvalue weighted by atomic mass is 10.2. The normalized spacial score (nSPS) is 10.5. The van der Waals surface area contributed by atoms with Gasteiger partial charge in [-0.3, -0.25) is 4.79 Å². The fourth-order valence-corrected chi connectivity index (χ4v) is 1.42. The van der Waals surface area contributed by atoms with Crippen LogP contribution in [-0.2, 0) is 11.3 Å². The van der Waals surface area contributed by atoms with Crippen molar-refractivity contribution >= 4 is 17.5 Å². The van der Waals surface area contributed by atoms with Crippen LogP contribution in [0.15, 0.2) is 24.3 Å². The molecule has 0 spiro atoms. The van der Waals surface area contributed by atoms with E-state index < -0.39 is 0 Å². The van der Waals surface area contributed by atoms with Crippen LogP contribution < -0.4 is 10.6 Å². The number of halogens is 1. The second-order valence-electron chi connectivity index (χ2n) is 3.94. The molecule has 0 saturated heterocycles. The zero-order valence-corrected chi connectivity index (χ0v) is 10.3. The van der Waals surface area contributed by atoms with Gasteiger partial charge in [-0.15, -0.1) is 0 Å². The Morgan fingerprint density at radius 3 is 2.81 bits per heavy atom. The maximum absolute atomic E-state index is 11.4. The van der Waals surface area contributed by atoms with Gasteiger partial charge in [-0.05, 0) is 17.7 Å². The molecule has 0 radical (unpaired) electrons. The largest absolute Gasteiger partial charge is 0.351 e. The monoisotopic (exact) mass is 240 g/mol. The van der Waals surface area contributed by atoms with Gasteiger partial charge in [-0.1, -0.05) is 37.6 Å². The van der Waals surface area contributed by atoms with E-state index in [1.54, 1.807) is 0 Å². The van der Waals surface area contributed by atoms with Crippen LogP contribution in [0, 0.1) is 0 Å². The SMILES string of the molecule is CC(C)NCC(=O)NCc1cccc(Cl)c1. The van der Waals surface area contributed by atoms with Crippen molar-refractivity contribution in [1.29, 1.82) is 0 Å². The van der Waals surface area contributed by atoms with Crippen LogP contribution in [0.5, 0.6) is 0 Å². The van der Waals surface area contributed by atoms with E-state index in [1.807, 2.05) is 38.1 Å². The first-order valence-corrected chi connectivity index (χ1v) is 5.70. The summed E-state index contributed by atoms with van der Waals surface area (Å²) in [4.78, 5) is 11.4. The lowest BCUT2D eigenvalue weighted by Crippen LogP contribution is -2.36. The smallest absolute Gasteiger partial charge is 0.234 e. The van der Waals surface area contributed by atoms with E-state index in [1.165, 1.54) is 0 Å². The number of rotatable bonds is 5. The molecule has 0 fully saturated rings. The molecule has 0 atom stereocenters. The van der Waals surface area contributed by atoms with Crippen LogP contribution in [0.2, 0.25) is 5.02 Å². The molecule has 0 unspecified atom stereocenters. The Kier molecular flexibility index (Phi) is 5.29. The highest BCUT2D eigenvalue weighted by Gasteiger charge is 2.02. The van der Waals surface area contributed by atoms with E-state index in [0.717, 1.165) is 5.56 Å². The van der Waals surface area contributed by atoms with Crippen LogP contribution in [-0.4, -0.2) is 18.5 Å². The summed E-state index contributed by atoms with van der Waals surface area (Å²) in [5, 5.41) is 6.56. The number of carbonyl (C=O) groups is 1. The van der Waals surface area contributed by atoms with Crippen LogP contribution in [0.1, 0.15) is 19.4 Å². The molecule has 0 aromatic heterocycles. The first kappa shape index (κ1) is 13.0. The fourth-order valence-electron chi connectivity index (χ4n) is 1.21. The Balaban J connectivity index is 2.31. The molecule has 0 saturated carbocycles. The van der Waals surface area contributed by atoms with Gasteiger partial charge in [-0.25, -0.2) is 0 Å². The van der Waals surface area contributed by atoms with Gasteiger partial charge in [0.15, 0.2) is 0 Å². The van der Waals surface area contributed by atoms with Crippen molar-refractivity contribution in [3.63, 3.8) is 0 Å². The highest BCUT2D eigenvalue weighted by molar-refractivity contribution is 6.30. The van der Waals surface area contributed by atoms with Crippen LogP contribution in [0.25, 0.3) is 0 Å². The molecule has 0 bridgehead atoms. The number of carbonyl (C=O) groups excluding carboxylic acids is 1. The third kappa shape index (κ3) is 5.14. The summed E-state index contributed by atoms with van der Waals surface area (Å²) in [5.74, 6) is -0.00586. The Hall–Kier alpha value is -1.06. The number of benzene rings is 1. The predicted octanol–water partition coefficient (Wildman–Crippen LogP) is 1.95. The summed E-state index contributed by atoms with van der Waals surface area (Å²) in [6, 6.07) is 7.78. The molecule has 1 rings (SSSR count). The number of hydrogen-bond acceptors (Lipinski definition) is 2. The van der Waals surface area contributed by atoms with Crippen molar-refractivity contribution in [3.8, 4) is 0 Å². The minimum atomic E-state index is -0.00586. The molecule has 4 heteroatoms. The summed E-state index contributed by atoms with van der Waals surface area (Å²) in [6.07, 6.45) is 0. The summed E-state index contributed by atoms with van der Waals surface area (Å²) in [5.41, 5.74) is 1.00. The first-order valence-electron chi connectivity index (χ1n) is 5.32. The van der Waals surface area contributed by atoms with Crippen molar-refractivity contribution < 1.29 is 4.79 Å². The number of nitrogens with one attached hydrogen (secondary N) is 2. The van der Waals surface area contributed by atoms with Gasteiger partial charge in [0.1, 0.15) is 0 Å². The van der Waals surface area contributed by atoms with E-state index in [4.69, 9.17) is 11.6 Å². The van der Waals surface area contributed by atoms with Crippen molar-refractivity contribution in [2.24, 2.45) is 0 Å². The molecule has 3 nitrogen and oxygen atoms in total. The van der Waals surface area contributed by atoms with Gasteiger partial charge in [0.05, 0.1) is 6.54 Å². The average molecular weight is 241 g/mol. The number of hydrogen-bond donors (Lipinski definition) is 2. The zero-order chi connectivity index (χ0) is 12.0. The lowest BCUT2D eigenvalue weighted by molar-refractivity contribution is -0.120. The van der Waals surface area contributed by atoms with E-state index in [-0.39, 0.29) is 5.91 Å². The Bertz CT molecular complexity index is 353. The number of amides is 1. The van der Waals surface area contributed by atoms with E-state index >= 15 is 0 Å². The molecule has 0 aliphatic rings. The minimum absolute atomic E-state index is 0.00586. The Labute approximate surface area is 101 Å². The second-order valence-corrected chi connectivity index (χ2v) is 4.38. The molecular formula is C12H17ClN2O. The third-order valence-corrected chi connectivity index (χ3v) is 2.28. The Morgan fingerprint density at radius 1 is 1.44 bits per heavy atom. The first-order chi connectivity index (χ1) is 7.58. The molecule has 88 valence electrons. The summed E-state index contributed by atoms with van der Waals surface area (Å²) < 4.78 is 0. The standard InChI is InChI=1S/C12H17ClN2O/c1-9(2)14-8-12(16)15-7-10-4-3-5-11(13)6-10/h3-6,9,14H,7-8H2,1-2H3,(H,15,16). The van der Waals surface area contributed by atoms with Crippen LogP contribution in [0.4, 0.5) is 0 Å². The van der Waals surface area contributed by atoms with Crippen molar-refractivity contribution in [2.75, 3.05) is 6.54 Å². The summed E-state index contributed by atoms with van der Waals surface area (Å²) in [7, 11) is 0. The molecule has 0 aliphatic heterocycles. The summed E-state index contributed by atoms with van der Waals surface area (Å²) in [6.45, 7) is 4.87. The van der Waals surface area contributed by atoms with Gasteiger partial charge in [0.25, 0.3) is 0 Å². The van der Waals surface area contributed by atoms with E-state index in [2.05, 4.69) is 10.6 Å². The van der Waals surface area contributed by atoms with Gasteiger partial charge >= 0.3 is 0 Å². The van der Waals surface area contributed by atoms with E-state index in [0.29, 0.717) is 24.2 Å². The molecule has 2 N–H and O–H groups in total. The van der Waals surface area contributed by atoms with Crippen LogP contribution in [0.3, 0.4) is 0 Å². The van der Waals surface area contributed by atoms with Crippen molar-refractivity contribution in [2.45, 2.75) is 26.4 Å². The topological polar surface area (TPSA) is 41.1 Å². The second kappa shape index (κ2) is 6.51. The molecule has 1 aromatic rings. The molecule has 0 heterocycles. The van der Waals surface area contributed by atoms with Gasteiger partial charge in [0, 0.05) is 17.6 Å². The van der Waals surface area contributed by atoms with Gasteiger partial charge in [-0.2, -0.15) is 0 Å². The predicted molar refractivity (Wildman–Crippen MR) is 66.4 cm³/mol. The fraction of sp³-hybridized carbons (Fsp3) is 0.417. The molecular weight excluding hydrogens is 224 g/mol. The zero-order valence-electron chi connectivity index (χ0n) is 9.59. The Morgan fingerprint density at radius 2 is 2.19 bits per heavy atom. The maximum atomic E-state index is 11.4. The van der Waals surface area contributed by atoms with Crippen molar-refractivity contribution in [3.05, 3.63) is 34.9 Å². The lowest BCUT2D eigenvalue weighted by Gasteiger charge is -2.09. The van der Waals surface area contributed by atoms with Crippen molar-refractivity contribution in [1.82, 2.24) is 10.6 Å². The molecule has 0 aliphatic carbocycles. The molecule has 16 heavy (non-hydrogen) atoms. The minimum Gasteiger partial charge on any atom is -0.351 e. The molecule has 1 amide bonds. The third-order valence-electron chi connectivity index (χ3n) is 2.05. The highest BCUT2D eigenvalue weighted by atomic mass is 35.5. The van der Waals surface area contributed by atoms with Crippen LogP contribution >= 0.6 is 11.6 Å². The summed E-state index contributed by atoms with van der Waals surface area (Å²) >= 11 is 5.84. The van der Waals surface area contributed by atoms with Gasteiger partial charge in [0.2, 0.25) is 5.91 Å². The quantitative estimate of drug-likeness (QED) is 0.826.